The van der Waals surface area contributed by atoms with Gasteiger partial charge in [-0.25, -0.2) is 13.1 Å². The summed E-state index contributed by atoms with van der Waals surface area (Å²) in [5, 5.41) is 2.59. The number of amides is 2. The summed E-state index contributed by atoms with van der Waals surface area (Å²) in [4.78, 5) is 25.7. The van der Waals surface area contributed by atoms with Crippen LogP contribution in [-0.2, 0) is 14.8 Å². The van der Waals surface area contributed by atoms with E-state index < -0.39 is 21.8 Å². The van der Waals surface area contributed by atoms with Gasteiger partial charge in [-0.05, 0) is 43.2 Å². The average Bonchev–Trinajstić information content (AvgIpc) is 3.28. The van der Waals surface area contributed by atoms with Gasteiger partial charge in [0.05, 0.1) is 30.5 Å². The molecular weight excluding hydrogens is 386 g/mol. The van der Waals surface area contributed by atoms with Crippen LogP contribution in [0.3, 0.4) is 0 Å². The highest BCUT2D eigenvalue weighted by atomic mass is 32.2. The average molecular weight is 407 g/mol. The Bertz CT molecular complexity index is 967. The van der Waals surface area contributed by atoms with Gasteiger partial charge in [0, 0.05) is 13.1 Å². The smallest absolute Gasteiger partial charge is 0.289 e. The minimum Gasteiger partial charge on any atom is -0.495 e. The first-order valence-corrected chi connectivity index (χ1v) is 10.1. The molecule has 1 fully saturated rings. The Morgan fingerprint density at radius 3 is 2.64 bits per heavy atom. The first kappa shape index (κ1) is 19.9. The van der Waals surface area contributed by atoms with E-state index in [2.05, 4.69) is 10.0 Å². The molecule has 0 unspecified atom stereocenters. The summed E-state index contributed by atoms with van der Waals surface area (Å²) in [7, 11) is -0.809. The zero-order chi connectivity index (χ0) is 20.3. The van der Waals surface area contributed by atoms with Crippen molar-refractivity contribution in [2.45, 2.75) is 23.8 Å². The third-order valence-corrected chi connectivity index (χ3v) is 5.63. The SMILES string of the molecule is COc1ccc(S(=O)(=O)NC2CC2)cc1NC(=O)CN(C)C(=O)c1ccco1. The van der Waals surface area contributed by atoms with Gasteiger partial charge in [-0.15, -0.1) is 0 Å². The summed E-state index contributed by atoms with van der Waals surface area (Å²) in [6.45, 7) is -0.250. The molecule has 2 N–H and O–H groups in total. The molecule has 28 heavy (non-hydrogen) atoms. The fourth-order valence-corrected chi connectivity index (χ4v) is 3.84. The van der Waals surface area contributed by atoms with E-state index >= 15 is 0 Å². The molecule has 0 atom stereocenters. The monoisotopic (exact) mass is 407 g/mol. The van der Waals surface area contributed by atoms with Crippen LogP contribution in [-0.4, -0.2) is 51.9 Å². The number of methoxy groups -OCH3 is 1. The number of carbonyl (C=O) groups excluding carboxylic acids is 2. The maximum Gasteiger partial charge on any atom is 0.289 e. The van der Waals surface area contributed by atoms with E-state index in [1.165, 1.54) is 49.6 Å². The fraction of sp³-hybridized carbons (Fsp3) is 0.333. The van der Waals surface area contributed by atoms with Crippen molar-refractivity contribution in [2.75, 3.05) is 26.0 Å². The lowest BCUT2D eigenvalue weighted by Crippen LogP contribution is -2.34. The molecule has 1 aliphatic rings. The van der Waals surface area contributed by atoms with E-state index in [-0.39, 0.29) is 28.9 Å². The summed E-state index contributed by atoms with van der Waals surface area (Å²) in [5.41, 5.74) is 0.199. The van der Waals surface area contributed by atoms with E-state index in [1.807, 2.05) is 0 Å². The van der Waals surface area contributed by atoms with E-state index in [4.69, 9.17) is 9.15 Å². The summed E-state index contributed by atoms with van der Waals surface area (Å²) >= 11 is 0. The minimum absolute atomic E-state index is 0.0236. The Hall–Kier alpha value is -2.85. The third kappa shape index (κ3) is 4.70. The molecule has 2 aromatic rings. The fourth-order valence-electron chi connectivity index (χ4n) is 2.51. The van der Waals surface area contributed by atoms with Gasteiger partial charge in [0.15, 0.2) is 5.76 Å². The van der Waals surface area contributed by atoms with Gasteiger partial charge in [0.2, 0.25) is 15.9 Å². The second kappa shape index (κ2) is 8.03. The second-order valence-corrected chi connectivity index (χ2v) is 8.16. The number of likely N-dealkylation sites (N-methyl/N-ethyl adjacent to an activating group) is 1. The molecular formula is C18H21N3O6S. The number of rotatable bonds is 8. The molecule has 1 aliphatic carbocycles. The van der Waals surface area contributed by atoms with Crippen molar-refractivity contribution in [3.63, 3.8) is 0 Å². The zero-order valence-corrected chi connectivity index (χ0v) is 16.3. The van der Waals surface area contributed by atoms with E-state index in [1.54, 1.807) is 6.07 Å². The topological polar surface area (TPSA) is 118 Å². The summed E-state index contributed by atoms with van der Waals surface area (Å²) < 4.78 is 37.6. The number of sulfonamides is 1. The molecule has 0 aliphatic heterocycles. The highest BCUT2D eigenvalue weighted by Crippen LogP contribution is 2.29. The van der Waals surface area contributed by atoms with E-state index in [9.17, 15) is 18.0 Å². The highest BCUT2D eigenvalue weighted by Gasteiger charge is 2.28. The van der Waals surface area contributed by atoms with Crippen LogP contribution in [0, 0.1) is 0 Å². The molecule has 1 aromatic carbocycles. The van der Waals surface area contributed by atoms with Gasteiger partial charge in [-0.3, -0.25) is 9.59 Å². The first-order chi connectivity index (χ1) is 13.3. The van der Waals surface area contributed by atoms with Crippen LogP contribution >= 0.6 is 0 Å². The predicted molar refractivity (Wildman–Crippen MR) is 101 cm³/mol. The maximum absolute atomic E-state index is 12.4. The van der Waals surface area contributed by atoms with Crippen molar-refractivity contribution >= 4 is 27.5 Å². The number of furan rings is 1. The van der Waals surface area contributed by atoms with Crippen LogP contribution in [0.2, 0.25) is 0 Å². The number of benzene rings is 1. The Kier molecular flexibility index (Phi) is 5.71. The normalized spacial score (nSPS) is 13.8. The molecule has 0 saturated heterocycles. The lowest BCUT2D eigenvalue weighted by molar-refractivity contribution is -0.116. The van der Waals surface area contributed by atoms with Crippen LogP contribution in [0.25, 0.3) is 0 Å². The molecule has 0 bridgehead atoms. The van der Waals surface area contributed by atoms with Crippen molar-refractivity contribution in [2.24, 2.45) is 0 Å². The predicted octanol–water partition coefficient (Wildman–Crippen LogP) is 1.44. The third-order valence-electron chi connectivity index (χ3n) is 4.11. The van der Waals surface area contributed by atoms with Crippen LogP contribution in [0.4, 0.5) is 5.69 Å². The number of hydrogen-bond donors (Lipinski definition) is 2. The van der Waals surface area contributed by atoms with Gasteiger partial charge in [-0.1, -0.05) is 0 Å². The number of nitrogens with one attached hydrogen (secondary N) is 2. The molecule has 3 rings (SSSR count). The van der Waals surface area contributed by atoms with Crippen molar-refractivity contribution < 1.29 is 27.2 Å². The lowest BCUT2D eigenvalue weighted by atomic mass is 10.3. The lowest BCUT2D eigenvalue weighted by Gasteiger charge is -2.17. The summed E-state index contributed by atoms with van der Waals surface area (Å²) in [5.74, 6) is -0.534. The Morgan fingerprint density at radius 2 is 2.04 bits per heavy atom. The number of hydrogen-bond acceptors (Lipinski definition) is 6. The molecule has 0 radical (unpaired) electrons. The van der Waals surface area contributed by atoms with Crippen LogP contribution in [0.5, 0.6) is 5.75 Å². The second-order valence-electron chi connectivity index (χ2n) is 6.44. The number of anilines is 1. The van der Waals surface area contributed by atoms with Crippen LogP contribution in [0.1, 0.15) is 23.4 Å². The molecule has 150 valence electrons. The number of ether oxygens (including phenoxy) is 1. The maximum atomic E-state index is 12.4. The molecule has 1 saturated carbocycles. The van der Waals surface area contributed by atoms with Crippen molar-refractivity contribution in [3.05, 3.63) is 42.4 Å². The highest BCUT2D eigenvalue weighted by molar-refractivity contribution is 7.89. The van der Waals surface area contributed by atoms with E-state index in [0.29, 0.717) is 5.75 Å². The van der Waals surface area contributed by atoms with Gasteiger partial charge < -0.3 is 19.4 Å². The molecule has 2 amide bonds. The standard InChI is InChI=1S/C18H21N3O6S/c1-21(18(23)16-4-3-9-27-16)11-17(22)19-14-10-13(7-8-15(14)26-2)28(24,25)20-12-5-6-12/h3-4,7-10,12,20H,5-6,11H2,1-2H3,(H,19,22). The first-order valence-electron chi connectivity index (χ1n) is 8.59. The van der Waals surface area contributed by atoms with Crippen molar-refractivity contribution in [1.82, 2.24) is 9.62 Å². The minimum atomic E-state index is -3.68. The number of carbonyl (C=O) groups is 2. The quantitative estimate of drug-likeness (QED) is 0.684. The largest absolute Gasteiger partial charge is 0.495 e. The van der Waals surface area contributed by atoms with E-state index in [0.717, 1.165) is 12.8 Å². The van der Waals surface area contributed by atoms with Gasteiger partial charge in [0.25, 0.3) is 5.91 Å². The van der Waals surface area contributed by atoms with Crippen LogP contribution in [0.15, 0.2) is 45.9 Å². The summed E-state index contributed by atoms with van der Waals surface area (Å²) in [6, 6.07) is 7.25. The van der Waals surface area contributed by atoms with Crippen molar-refractivity contribution in [1.29, 1.82) is 0 Å². The zero-order valence-electron chi connectivity index (χ0n) is 15.5. The van der Waals surface area contributed by atoms with Gasteiger partial charge in [0.1, 0.15) is 5.75 Å². The Balaban J connectivity index is 1.72. The van der Waals surface area contributed by atoms with Crippen molar-refractivity contribution in [3.8, 4) is 5.75 Å². The Labute approximate surface area is 162 Å². The van der Waals surface area contributed by atoms with Gasteiger partial charge >= 0.3 is 0 Å². The molecule has 10 heteroatoms. The number of nitrogens with zero attached hydrogens (tertiary/aromatic N) is 1. The molecule has 1 heterocycles. The molecule has 9 nitrogen and oxygen atoms in total. The van der Waals surface area contributed by atoms with Gasteiger partial charge in [-0.2, -0.15) is 0 Å². The summed E-state index contributed by atoms with van der Waals surface area (Å²) in [6.07, 6.45) is 3.00. The van der Waals surface area contributed by atoms with Crippen LogP contribution < -0.4 is 14.8 Å². The molecule has 1 aromatic heterocycles. The Morgan fingerprint density at radius 1 is 1.29 bits per heavy atom. The molecule has 0 spiro atoms.